The van der Waals surface area contributed by atoms with E-state index >= 15 is 0 Å². The molecule has 0 saturated carbocycles. The molecule has 2 aromatic heterocycles. The molecule has 8 nitrogen and oxygen atoms in total. The molecule has 0 amide bonds. The molecule has 10 heteroatoms. The van der Waals surface area contributed by atoms with Gasteiger partial charge in [0, 0.05) is 49.2 Å². The summed E-state index contributed by atoms with van der Waals surface area (Å²) in [6.45, 7) is 1.16. The molecule has 0 fully saturated rings. The topological polar surface area (TPSA) is 106 Å². The molecule has 162 valence electrons. The van der Waals surface area contributed by atoms with E-state index in [0.717, 1.165) is 55.8 Å². The Morgan fingerprint density at radius 1 is 0.875 bits per heavy atom. The average molecular weight is 468 g/mol. The monoisotopic (exact) mass is 467 g/mol. The van der Waals surface area contributed by atoms with Crippen molar-refractivity contribution < 1.29 is 4.74 Å². The second kappa shape index (κ2) is 7.37. The fourth-order valence-electron chi connectivity index (χ4n) is 4.25. The molecule has 0 unspecified atom stereocenters. The van der Waals surface area contributed by atoms with Crippen molar-refractivity contribution in [1.82, 2.24) is 26.0 Å². The molecule has 32 heavy (non-hydrogen) atoms. The van der Waals surface area contributed by atoms with Crippen molar-refractivity contribution in [3.8, 4) is 5.75 Å². The normalized spacial score (nSPS) is 14.4. The molecule has 0 spiro atoms. The Hall–Kier alpha value is -3.33. The van der Waals surface area contributed by atoms with Crippen LogP contribution in [0.25, 0.3) is 43.6 Å². The van der Waals surface area contributed by atoms with Crippen LogP contribution in [-0.2, 0) is 0 Å². The lowest BCUT2D eigenvalue weighted by Gasteiger charge is -2.15. The third-order valence-corrected chi connectivity index (χ3v) is 6.13. The maximum atomic E-state index is 6.36. The van der Waals surface area contributed by atoms with E-state index in [0.29, 0.717) is 29.2 Å². The summed E-state index contributed by atoms with van der Waals surface area (Å²) < 4.78 is 6.36. The number of hydrazine groups is 2. The van der Waals surface area contributed by atoms with Crippen LogP contribution in [0.5, 0.6) is 5.75 Å². The van der Waals surface area contributed by atoms with E-state index in [-0.39, 0.29) is 0 Å². The molecule has 1 aliphatic rings. The van der Waals surface area contributed by atoms with E-state index in [9.17, 15) is 0 Å². The maximum absolute atomic E-state index is 6.36. The number of benzene rings is 3. The Morgan fingerprint density at radius 3 is 2.06 bits per heavy atom. The molecular formula is C22H19Cl2N7O. The van der Waals surface area contributed by atoms with Gasteiger partial charge in [-0.1, -0.05) is 23.2 Å². The van der Waals surface area contributed by atoms with Gasteiger partial charge in [0.15, 0.2) is 5.75 Å². The highest BCUT2D eigenvalue weighted by molar-refractivity contribution is 6.33. The summed E-state index contributed by atoms with van der Waals surface area (Å²) in [5.41, 5.74) is 15.2. The minimum absolute atomic E-state index is 0.339. The van der Waals surface area contributed by atoms with Crippen molar-refractivity contribution in [2.75, 3.05) is 13.2 Å². The zero-order chi connectivity index (χ0) is 21.8. The number of nitrogens with zero attached hydrogens (tertiary/aromatic N) is 2. The molecular weight excluding hydrogens is 449 g/mol. The highest BCUT2D eigenvalue weighted by atomic mass is 35.5. The predicted octanol–water partition coefficient (Wildman–Crippen LogP) is 4.59. The van der Waals surface area contributed by atoms with E-state index < -0.39 is 0 Å². The van der Waals surface area contributed by atoms with E-state index in [2.05, 4.69) is 32.1 Å². The van der Waals surface area contributed by atoms with Crippen molar-refractivity contribution in [1.29, 1.82) is 0 Å². The number of guanidine groups is 1. The molecule has 0 radical (unpaired) electrons. The zero-order valence-corrected chi connectivity index (χ0v) is 18.3. The van der Waals surface area contributed by atoms with Gasteiger partial charge in [-0.15, -0.1) is 10.2 Å². The number of nitrogens with two attached hydrogens (primary N) is 1. The fourth-order valence-corrected chi connectivity index (χ4v) is 4.59. The van der Waals surface area contributed by atoms with Gasteiger partial charge in [0.2, 0.25) is 5.96 Å². The van der Waals surface area contributed by atoms with Gasteiger partial charge in [-0.05, 0) is 48.9 Å². The lowest BCUT2D eigenvalue weighted by molar-refractivity contribution is 0.163. The van der Waals surface area contributed by atoms with Crippen molar-refractivity contribution in [3.63, 3.8) is 0 Å². The first-order valence-corrected chi connectivity index (χ1v) is 10.9. The first kappa shape index (κ1) is 19.4. The molecule has 5 aromatic rings. The maximum Gasteiger partial charge on any atom is 0.228 e. The molecule has 0 bridgehead atoms. The van der Waals surface area contributed by atoms with E-state index in [1.807, 2.05) is 36.4 Å². The number of hydrogen-bond donors (Lipinski definition) is 5. The zero-order valence-electron chi connectivity index (χ0n) is 16.8. The Labute approximate surface area is 192 Å². The van der Waals surface area contributed by atoms with Crippen molar-refractivity contribution in [2.24, 2.45) is 10.8 Å². The van der Waals surface area contributed by atoms with Crippen LogP contribution in [0, 0.1) is 0 Å². The minimum atomic E-state index is 0.339. The summed E-state index contributed by atoms with van der Waals surface area (Å²) in [7, 11) is 0. The number of nitrogens with one attached hydrogen (secondary N) is 4. The molecule has 0 atom stereocenters. The summed E-state index contributed by atoms with van der Waals surface area (Å²) in [5, 5.41) is 11.2. The number of hydrogen-bond acceptors (Lipinski definition) is 6. The quantitative estimate of drug-likeness (QED) is 0.243. The van der Waals surface area contributed by atoms with Gasteiger partial charge >= 0.3 is 0 Å². The summed E-state index contributed by atoms with van der Waals surface area (Å²) in [6, 6.07) is 13.8. The summed E-state index contributed by atoms with van der Waals surface area (Å²) >= 11 is 12.6. The molecule has 3 aromatic carbocycles. The van der Waals surface area contributed by atoms with Gasteiger partial charge in [-0.25, -0.2) is 5.53 Å². The Bertz CT molecular complexity index is 1440. The largest absolute Gasteiger partial charge is 0.489 e. The van der Waals surface area contributed by atoms with E-state index in [4.69, 9.17) is 33.7 Å². The lowest BCUT2D eigenvalue weighted by atomic mass is 10.1. The molecule has 1 aliphatic heterocycles. The van der Waals surface area contributed by atoms with Crippen molar-refractivity contribution in [3.05, 3.63) is 52.5 Å². The Kier molecular flexibility index (Phi) is 4.46. The van der Waals surface area contributed by atoms with E-state index in [1.54, 1.807) is 5.12 Å². The number of rotatable bonds is 5. The number of ether oxygens (including phenoxy) is 1. The van der Waals surface area contributed by atoms with Gasteiger partial charge in [0.05, 0.1) is 17.6 Å². The first-order valence-electron chi connectivity index (χ1n) is 10.2. The van der Waals surface area contributed by atoms with Crippen molar-refractivity contribution >= 4 is 72.8 Å². The van der Waals surface area contributed by atoms with Gasteiger partial charge in [-0.2, -0.15) is 0 Å². The SMILES string of the molecule is NC1=NNN(CCCOc2c3[nH]c4ccc(Cl)cc4c3cc3c2[nH]c2ccc(Cl)cc23)N1. The highest BCUT2D eigenvalue weighted by Crippen LogP contribution is 2.41. The number of aromatic nitrogens is 2. The fraction of sp³-hybridized carbons (Fsp3) is 0.136. The Morgan fingerprint density at radius 2 is 1.50 bits per heavy atom. The third kappa shape index (κ3) is 3.15. The van der Waals surface area contributed by atoms with Crippen molar-refractivity contribution in [2.45, 2.75) is 6.42 Å². The summed E-state index contributed by atoms with van der Waals surface area (Å²) in [6.07, 6.45) is 0.749. The van der Waals surface area contributed by atoms with Crippen LogP contribution in [0.1, 0.15) is 6.42 Å². The van der Waals surface area contributed by atoms with Crippen LogP contribution in [0.4, 0.5) is 0 Å². The first-order chi connectivity index (χ1) is 15.6. The predicted molar refractivity (Wildman–Crippen MR) is 130 cm³/mol. The second-order valence-corrected chi connectivity index (χ2v) is 8.62. The lowest BCUT2D eigenvalue weighted by Crippen LogP contribution is -2.44. The van der Waals surface area contributed by atoms with Gasteiger partial charge < -0.3 is 20.4 Å². The van der Waals surface area contributed by atoms with Crippen LogP contribution < -0.4 is 21.4 Å². The van der Waals surface area contributed by atoms with Crippen LogP contribution in [0.2, 0.25) is 10.0 Å². The van der Waals surface area contributed by atoms with Crippen LogP contribution in [0.15, 0.2) is 47.6 Å². The summed E-state index contributed by atoms with van der Waals surface area (Å²) in [4.78, 5) is 7.02. The smallest absolute Gasteiger partial charge is 0.228 e. The van der Waals surface area contributed by atoms with Crippen LogP contribution in [0.3, 0.4) is 0 Å². The van der Waals surface area contributed by atoms with Gasteiger partial charge in [-0.3, -0.25) is 5.43 Å². The molecule has 3 heterocycles. The number of hydrazone groups is 1. The third-order valence-electron chi connectivity index (χ3n) is 5.66. The number of halogens is 2. The standard InChI is InChI=1S/C22H19Cl2N7O/c23-11-2-4-17-13(8-11)15-10-16-14-9-12(24)3-5-18(14)27-20(16)21(19(15)26-17)32-7-1-6-31-29-22(25)28-30-31/h2-5,8-10,26-27,30H,1,6-7H2,(H3,25,28,29). The van der Waals surface area contributed by atoms with Gasteiger partial charge in [0.25, 0.3) is 0 Å². The van der Waals surface area contributed by atoms with Gasteiger partial charge in [0.1, 0.15) is 0 Å². The molecule has 0 saturated heterocycles. The number of fused-ring (bicyclic) bond motifs is 6. The van der Waals surface area contributed by atoms with Crippen LogP contribution >= 0.6 is 23.2 Å². The average Bonchev–Trinajstić information content (AvgIpc) is 3.46. The number of aromatic amines is 2. The molecule has 6 N–H and O–H groups in total. The van der Waals surface area contributed by atoms with E-state index in [1.165, 1.54) is 0 Å². The minimum Gasteiger partial charge on any atom is -0.489 e. The summed E-state index contributed by atoms with van der Waals surface area (Å²) in [5.74, 6) is 1.11. The molecule has 6 rings (SSSR count). The Balaban J connectivity index is 1.45. The number of H-pyrrole nitrogens is 2. The molecule has 0 aliphatic carbocycles. The van der Waals surface area contributed by atoms with Crippen LogP contribution in [-0.4, -0.2) is 34.2 Å². The second-order valence-electron chi connectivity index (χ2n) is 7.74. The highest BCUT2D eigenvalue weighted by Gasteiger charge is 2.18.